The Labute approximate surface area is 153 Å². The molecule has 1 aromatic heterocycles. The average Bonchev–Trinajstić information content (AvgIpc) is 2.67. The number of esters is 1. The Morgan fingerprint density at radius 1 is 1.38 bits per heavy atom. The minimum atomic E-state index is -1.11. The Bertz CT molecular complexity index is 851. The average molecular weight is 350 g/mol. The van der Waals surface area contributed by atoms with Crippen LogP contribution in [0.3, 0.4) is 0 Å². The molecule has 0 bridgehead atoms. The zero-order valence-electron chi connectivity index (χ0n) is 14.9. The van der Waals surface area contributed by atoms with E-state index in [1.807, 2.05) is 30.3 Å². The topological polar surface area (TPSA) is 79.1 Å². The number of piperidine rings is 1. The van der Waals surface area contributed by atoms with Crippen LogP contribution in [-0.2, 0) is 9.53 Å². The predicted molar refractivity (Wildman–Crippen MR) is 99.7 cm³/mol. The number of fused-ring (bicyclic) bond motifs is 1. The van der Waals surface area contributed by atoms with Crippen molar-refractivity contribution in [1.82, 2.24) is 9.97 Å². The molecule has 26 heavy (non-hydrogen) atoms. The number of carbonyl (C=O) groups is 1. The van der Waals surface area contributed by atoms with Gasteiger partial charge in [-0.25, -0.2) is 9.97 Å². The summed E-state index contributed by atoms with van der Waals surface area (Å²) in [5.74, 6) is -0.463. The molecule has 1 aliphatic rings. The van der Waals surface area contributed by atoms with Crippen molar-refractivity contribution in [2.24, 2.45) is 5.92 Å². The van der Waals surface area contributed by atoms with E-state index in [1.165, 1.54) is 6.08 Å². The normalized spacial score (nSPS) is 16.1. The highest BCUT2D eigenvalue weighted by Crippen LogP contribution is 2.30. The number of anilines is 1. The summed E-state index contributed by atoms with van der Waals surface area (Å²) in [6.45, 7) is 7.50. The van der Waals surface area contributed by atoms with Crippen molar-refractivity contribution in [3.8, 4) is 6.07 Å². The van der Waals surface area contributed by atoms with E-state index in [9.17, 15) is 10.1 Å². The van der Waals surface area contributed by atoms with Crippen LogP contribution in [0.5, 0.6) is 0 Å². The van der Waals surface area contributed by atoms with Crippen molar-refractivity contribution in [1.29, 1.82) is 5.26 Å². The standard InChI is InChI=1S/C20H22N4O2/c1-3-12-26-20(25)15(13-21)18-19(24-10-8-14(2)9-11-24)23-17-7-5-4-6-16(17)22-18/h3-7,14-15H,1,8-12H2,2H3. The molecule has 0 amide bonds. The number of hydrogen-bond donors (Lipinski definition) is 0. The highest BCUT2D eigenvalue weighted by atomic mass is 16.5. The molecule has 0 saturated carbocycles. The van der Waals surface area contributed by atoms with Gasteiger partial charge in [0, 0.05) is 13.1 Å². The molecule has 2 heterocycles. The molecule has 3 rings (SSSR count). The zero-order valence-corrected chi connectivity index (χ0v) is 14.9. The third kappa shape index (κ3) is 3.67. The molecular formula is C20H22N4O2. The summed E-state index contributed by atoms with van der Waals surface area (Å²) in [6.07, 6.45) is 3.57. The summed E-state index contributed by atoms with van der Waals surface area (Å²) in [5.41, 5.74) is 1.78. The van der Waals surface area contributed by atoms with E-state index >= 15 is 0 Å². The first-order valence-electron chi connectivity index (χ1n) is 8.82. The Morgan fingerprint density at radius 2 is 2.04 bits per heavy atom. The van der Waals surface area contributed by atoms with Crippen LogP contribution in [0.4, 0.5) is 5.82 Å². The lowest BCUT2D eigenvalue weighted by molar-refractivity contribution is -0.142. The molecule has 1 saturated heterocycles. The first-order valence-corrected chi connectivity index (χ1v) is 8.82. The fraction of sp³-hybridized carbons (Fsp3) is 0.400. The maximum atomic E-state index is 12.4. The third-order valence-corrected chi connectivity index (χ3v) is 4.64. The molecule has 0 aliphatic carbocycles. The zero-order chi connectivity index (χ0) is 18.5. The van der Waals surface area contributed by atoms with Gasteiger partial charge in [-0.2, -0.15) is 5.26 Å². The van der Waals surface area contributed by atoms with Gasteiger partial charge in [-0.15, -0.1) is 0 Å². The van der Waals surface area contributed by atoms with Crippen molar-refractivity contribution in [2.45, 2.75) is 25.7 Å². The van der Waals surface area contributed by atoms with E-state index in [0.717, 1.165) is 31.4 Å². The monoisotopic (exact) mass is 350 g/mol. The number of rotatable bonds is 5. The number of carbonyl (C=O) groups excluding carboxylic acids is 1. The molecule has 0 N–H and O–H groups in total. The van der Waals surface area contributed by atoms with Gasteiger partial charge < -0.3 is 9.64 Å². The first kappa shape index (κ1) is 17.9. The molecule has 6 heteroatoms. The van der Waals surface area contributed by atoms with Gasteiger partial charge in [-0.05, 0) is 30.9 Å². The van der Waals surface area contributed by atoms with Crippen molar-refractivity contribution in [3.63, 3.8) is 0 Å². The van der Waals surface area contributed by atoms with Crippen LogP contribution in [-0.4, -0.2) is 35.6 Å². The number of ether oxygens (including phenoxy) is 1. The lowest BCUT2D eigenvalue weighted by Crippen LogP contribution is -2.35. The van der Waals surface area contributed by atoms with E-state index in [-0.39, 0.29) is 6.61 Å². The fourth-order valence-corrected chi connectivity index (χ4v) is 3.10. The van der Waals surface area contributed by atoms with Gasteiger partial charge in [0.15, 0.2) is 11.7 Å². The number of para-hydroxylation sites is 2. The van der Waals surface area contributed by atoms with Gasteiger partial charge in [0.05, 0.1) is 17.1 Å². The van der Waals surface area contributed by atoms with E-state index in [2.05, 4.69) is 23.4 Å². The smallest absolute Gasteiger partial charge is 0.330 e. The minimum Gasteiger partial charge on any atom is -0.460 e. The number of nitrogens with zero attached hydrogens (tertiary/aromatic N) is 4. The summed E-state index contributed by atoms with van der Waals surface area (Å²) >= 11 is 0. The van der Waals surface area contributed by atoms with Gasteiger partial charge in [0.25, 0.3) is 0 Å². The maximum absolute atomic E-state index is 12.4. The van der Waals surface area contributed by atoms with Gasteiger partial charge in [-0.1, -0.05) is 31.7 Å². The first-order chi connectivity index (χ1) is 12.6. The van der Waals surface area contributed by atoms with Crippen LogP contribution in [0.15, 0.2) is 36.9 Å². The molecule has 1 aliphatic heterocycles. The highest BCUT2D eigenvalue weighted by molar-refractivity contribution is 5.85. The van der Waals surface area contributed by atoms with Crippen LogP contribution in [0.2, 0.25) is 0 Å². The summed E-state index contributed by atoms with van der Waals surface area (Å²) < 4.78 is 5.10. The second kappa shape index (κ2) is 7.96. The number of aromatic nitrogens is 2. The lowest BCUT2D eigenvalue weighted by atomic mass is 9.98. The molecule has 134 valence electrons. The van der Waals surface area contributed by atoms with Gasteiger partial charge in [-0.3, -0.25) is 4.79 Å². The van der Waals surface area contributed by atoms with E-state index in [0.29, 0.717) is 22.9 Å². The van der Waals surface area contributed by atoms with Crippen molar-refractivity contribution < 1.29 is 9.53 Å². The summed E-state index contributed by atoms with van der Waals surface area (Å²) in [4.78, 5) is 23.9. The van der Waals surface area contributed by atoms with Crippen LogP contribution < -0.4 is 4.90 Å². The molecule has 1 unspecified atom stereocenters. The summed E-state index contributed by atoms with van der Waals surface area (Å²) in [6, 6.07) is 9.52. The molecule has 1 fully saturated rings. The third-order valence-electron chi connectivity index (χ3n) is 4.64. The van der Waals surface area contributed by atoms with Gasteiger partial charge in [0.1, 0.15) is 12.3 Å². The Balaban J connectivity index is 2.06. The largest absolute Gasteiger partial charge is 0.460 e. The second-order valence-electron chi connectivity index (χ2n) is 6.57. The number of nitriles is 1. The van der Waals surface area contributed by atoms with Crippen molar-refractivity contribution in [3.05, 3.63) is 42.6 Å². The van der Waals surface area contributed by atoms with Crippen LogP contribution in [0.25, 0.3) is 11.0 Å². The molecular weight excluding hydrogens is 328 g/mol. The van der Waals surface area contributed by atoms with E-state index in [4.69, 9.17) is 9.72 Å². The fourth-order valence-electron chi connectivity index (χ4n) is 3.10. The van der Waals surface area contributed by atoms with Crippen LogP contribution in [0.1, 0.15) is 31.4 Å². The molecule has 0 radical (unpaired) electrons. The van der Waals surface area contributed by atoms with Crippen LogP contribution >= 0.6 is 0 Å². The maximum Gasteiger partial charge on any atom is 0.330 e. The number of benzene rings is 1. The molecule has 0 spiro atoms. The Kier molecular flexibility index (Phi) is 5.47. The van der Waals surface area contributed by atoms with Gasteiger partial charge in [0.2, 0.25) is 0 Å². The highest BCUT2D eigenvalue weighted by Gasteiger charge is 2.30. The second-order valence-corrected chi connectivity index (χ2v) is 6.57. The quantitative estimate of drug-likeness (QED) is 0.608. The van der Waals surface area contributed by atoms with Gasteiger partial charge >= 0.3 is 5.97 Å². The molecule has 6 nitrogen and oxygen atoms in total. The van der Waals surface area contributed by atoms with Crippen LogP contribution in [0, 0.1) is 17.2 Å². The number of hydrogen-bond acceptors (Lipinski definition) is 6. The lowest BCUT2D eigenvalue weighted by Gasteiger charge is -2.32. The predicted octanol–water partition coefficient (Wildman–Crippen LogP) is 3.20. The molecule has 2 aromatic rings. The molecule has 1 aromatic carbocycles. The Morgan fingerprint density at radius 3 is 2.65 bits per heavy atom. The summed E-state index contributed by atoms with van der Waals surface area (Å²) in [5, 5.41) is 9.62. The minimum absolute atomic E-state index is 0.0641. The SMILES string of the molecule is C=CCOC(=O)C(C#N)c1nc2ccccc2nc1N1CCC(C)CC1. The van der Waals surface area contributed by atoms with E-state index in [1.54, 1.807) is 0 Å². The molecule has 1 atom stereocenters. The Hall–Kier alpha value is -2.94. The summed E-state index contributed by atoms with van der Waals surface area (Å²) in [7, 11) is 0. The van der Waals surface area contributed by atoms with Crippen molar-refractivity contribution >= 4 is 22.8 Å². The van der Waals surface area contributed by atoms with E-state index < -0.39 is 11.9 Å². The van der Waals surface area contributed by atoms with Crippen molar-refractivity contribution in [2.75, 3.05) is 24.6 Å².